The maximum absolute atomic E-state index is 10.8. The van der Waals surface area contributed by atoms with Gasteiger partial charge in [-0.05, 0) is 6.42 Å². The van der Waals surface area contributed by atoms with Gasteiger partial charge in [0.2, 0.25) is 0 Å². The van der Waals surface area contributed by atoms with Crippen molar-refractivity contribution in [3.05, 3.63) is 18.1 Å². The minimum Gasteiger partial charge on any atom is -0.476 e. The fourth-order valence-corrected chi connectivity index (χ4v) is 1.44. The normalized spacial score (nSPS) is 20.1. The summed E-state index contributed by atoms with van der Waals surface area (Å²) in [5, 5.41) is 11.9. The average Bonchev–Trinajstić information content (AvgIpc) is 2.71. The van der Waals surface area contributed by atoms with Crippen molar-refractivity contribution in [3.63, 3.8) is 0 Å². The van der Waals surface area contributed by atoms with Crippen LogP contribution in [0.1, 0.15) is 16.9 Å². The van der Waals surface area contributed by atoms with Crippen LogP contribution >= 0.6 is 0 Å². The van der Waals surface area contributed by atoms with E-state index in [0.717, 1.165) is 6.42 Å². The van der Waals surface area contributed by atoms with Gasteiger partial charge in [0.15, 0.2) is 11.5 Å². The van der Waals surface area contributed by atoms with E-state index in [1.165, 1.54) is 12.4 Å². The predicted octanol–water partition coefficient (Wildman–Crippen LogP) is 0.376. The number of aromatic carboxylic acids is 1. The maximum Gasteiger partial charge on any atom is 0.358 e. The maximum atomic E-state index is 10.8. The molecule has 1 unspecified atom stereocenters. The third kappa shape index (κ3) is 2.21. The molecule has 2 rings (SSSR count). The molecule has 1 aromatic heterocycles. The Morgan fingerprint density at radius 1 is 1.53 bits per heavy atom. The topological polar surface area (TPSA) is 84.3 Å². The van der Waals surface area contributed by atoms with E-state index >= 15 is 0 Å². The number of anilines is 1. The Morgan fingerprint density at radius 3 is 3.00 bits per heavy atom. The number of ether oxygens (including phenoxy) is 1. The Kier molecular flexibility index (Phi) is 2.77. The van der Waals surface area contributed by atoms with Crippen molar-refractivity contribution < 1.29 is 14.6 Å². The molecule has 2 N–H and O–H groups in total. The van der Waals surface area contributed by atoms with Crippen molar-refractivity contribution in [2.45, 2.75) is 12.5 Å². The Morgan fingerprint density at radius 2 is 2.33 bits per heavy atom. The Balaban J connectivity index is 2.15. The van der Waals surface area contributed by atoms with Crippen LogP contribution in [0.15, 0.2) is 12.4 Å². The van der Waals surface area contributed by atoms with Gasteiger partial charge in [-0.3, -0.25) is 0 Å². The molecule has 6 nitrogen and oxygen atoms in total. The zero-order valence-electron chi connectivity index (χ0n) is 8.01. The van der Waals surface area contributed by atoms with Gasteiger partial charge in [0.25, 0.3) is 0 Å². The van der Waals surface area contributed by atoms with Gasteiger partial charge in [-0.1, -0.05) is 0 Å². The van der Waals surface area contributed by atoms with Crippen LogP contribution in [-0.4, -0.2) is 40.3 Å². The van der Waals surface area contributed by atoms with Gasteiger partial charge in [0, 0.05) is 19.0 Å². The first-order valence-electron chi connectivity index (χ1n) is 4.66. The molecule has 0 radical (unpaired) electrons. The Labute approximate surface area is 86.3 Å². The predicted molar refractivity (Wildman–Crippen MR) is 51.8 cm³/mol. The second-order valence-electron chi connectivity index (χ2n) is 3.26. The summed E-state index contributed by atoms with van der Waals surface area (Å²) in [5.74, 6) is -0.773. The molecule has 0 spiro atoms. The monoisotopic (exact) mass is 209 g/mol. The molecule has 1 saturated heterocycles. The molecule has 1 fully saturated rings. The molecule has 80 valence electrons. The number of aromatic nitrogens is 2. The summed E-state index contributed by atoms with van der Waals surface area (Å²) >= 11 is 0. The van der Waals surface area contributed by atoms with E-state index in [1.54, 1.807) is 0 Å². The van der Waals surface area contributed by atoms with Crippen LogP contribution in [0.2, 0.25) is 0 Å². The third-order valence-corrected chi connectivity index (χ3v) is 2.17. The van der Waals surface area contributed by atoms with E-state index in [0.29, 0.717) is 19.0 Å². The lowest BCUT2D eigenvalue weighted by Gasteiger charge is -2.11. The summed E-state index contributed by atoms with van der Waals surface area (Å²) in [7, 11) is 0. The number of nitrogens with one attached hydrogen (secondary N) is 1. The summed E-state index contributed by atoms with van der Waals surface area (Å²) < 4.78 is 5.17. The number of rotatable bonds is 3. The quantitative estimate of drug-likeness (QED) is 0.748. The molecule has 15 heavy (non-hydrogen) atoms. The lowest BCUT2D eigenvalue weighted by Crippen LogP contribution is -2.22. The lowest BCUT2D eigenvalue weighted by atomic mass is 10.2. The number of carbonyl (C=O) groups is 1. The highest BCUT2D eigenvalue weighted by Gasteiger charge is 2.19. The third-order valence-electron chi connectivity index (χ3n) is 2.17. The fourth-order valence-electron chi connectivity index (χ4n) is 1.44. The van der Waals surface area contributed by atoms with Gasteiger partial charge >= 0.3 is 5.97 Å². The summed E-state index contributed by atoms with van der Waals surface area (Å²) in [6, 6.07) is 0.125. The van der Waals surface area contributed by atoms with E-state index < -0.39 is 5.97 Å². The SMILES string of the molecule is O=C(O)c1nccnc1NC1CCOC1. The molecular weight excluding hydrogens is 198 g/mol. The van der Waals surface area contributed by atoms with Crippen molar-refractivity contribution in [1.82, 2.24) is 9.97 Å². The van der Waals surface area contributed by atoms with Crippen LogP contribution < -0.4 is 5.32 Å². The standard InChI is InChI=1S/C9H11N3O3/c13-9(14)7-8(11-3-2-10-7)12-6-1-4-15-5-6/h2-3,6H,1,4-5H2,(H,11,12)(H,13,14). The highest BCUT2D eigenvalue weighted by atomic mass is 16.5. The van der Waals surface area contributed by atoms with E-state index in [4.69, 9.17) is 9.84 Å². The number of hydrogen-bond donors (Lipinski definition) is 2. The minimum absolute atomic E-state index is 0.0515. The zero-order valence-corrected chi connectivity index (χ0v) is 8.01. The van der Waals surface area contributed by atoms with Crippen molar-refractivity contribution in [3.8, 4) is 0 Å². The summed E-state index contributed by atoms with van der Waals surface area (Å²) in [6.45, 7) is 1.27. The summed E-state index contributed by atoms with van der Waals surface area (Å²) in [4.78, 5) is 18.5. The van der Waals surface area contributed by atoms with Crippen molar-refractivity contribution in [1.29, 1.82) is 0 Å². The molecule has 0 aliphatic carbocycles. The zero-order chi connectivity index (χ0) is 10.7. The van der Waals surface area contributed by atoms with Gasteiger partial charge in [-0.25, -0.2) is 14.8 Å². The number of carboxylic acid groups (broad SMARTS) is 1. The summed E-state index contributed by atoms with van der Waals surface area (Å²) in [5.41, 5.74) is -0.0515. The van der Waals surface area contributed by atoms with E-state index in [9.17, 15) is 4.79 Å². The first-order valence-corrected chi connectivity index (χ1v) is 4.66. The van der Waals surface area contributed by atoms with Crippen molar-refractivity contribution in [2.75, 3.05) is 18.5 Å². The van der Waals surface area contributed by atoms with Crippen LogP contribution in [0.25, 0.3) is 0 Å². The smallest absolute Gasteiger partial charge is 0.358 e. The van der Waals surface area contributed by atoms with E-state index in [-0.39, 0.29) is 11.7 Å². The molecule has 2 heterocycles. The van der Waals surface area contributed by atoms with Crippen molar-refractivity contribution >= 4 is 11.8 Å². The molecule has 1 aliphatic rings. The highest BCUT2D eigenvalue weighted by molar-refractivity contribution is 5.90. The molecule has 1 atom stereocenters. The molecular formula is C9H11N3O3. The van der Waals surface area contributed by atoms with Gasteiger partial charge in [0.05, 0.1) is 12.6 Å². The fraction of sp³-hybridized carbons (Fsp3) is 0.444. The van der Waals surface area contributed by atoms with E-state index in [2.05, 4.69) is 15.3 Å². The highest BCUT2D eigenvalue weighted by Crippen LogP contribution is 2.14. The molecule has 1 aromatic rings. The van der Waals surface area contributed by atoms with Gasteiger partial charge in [-0.15, -0.1) is 0 Å². The largest absolute Gasteiger partial charge is 0.476 e. The minimum atomic E-state index is -1.08. The molecule has 0 amide bonds. The van der Waals surface area contributed by atoms with Crippen LogP contribution in [0.4, 0.5) is 5.82 Å². The molecule has 0 bridgehead atoms. The summed E-state index contributed by atoms with van der Waals surface area (Å²) in [6.07, 6.45) is 3.68. The second-order valence-corrected chi connectivity index (χ2v) is 3.26. The number of nitrogens with zero attached hydrogens (tertiary/aromatic N) is 2. The van der Waals surface area contributed by atoms with Gasteiger partial charge in [0.1, 0.15) is 0 Å². The van der Waals surface area contributed by atoms with Crippen LogP contribution in [0, 0.1) is 0 Å². The first kappa shape index (κ1) is 9.85. The average molecular weight is 209 g/mol. The number of carboxylic acids is 1. The Hall–Kier alpha value is -1.69. The van der Waals surface area contributed by atoms with Crippen molar-refractivity contribution in [2.24, 2.45) is 0 Å². The van der Waals surface area contributed by atoms with Gasteiger partial charge < -0.3 is 15.2 Å². The molecule has 6 heteroatoms. The molecule has 0 aromatic carbocycles. The van der Waals surface area contributed by atoms with E-state index in [1.807, 2.05) is 0 Å². The molecule has 0 saturated carbocycles. The Bertz CT molecular complexity index is 363. The second kappa shape index (κ2) is 4.22. The number of hydrogen-bond acceptors (Lipinski definition) is 5. The van der Waals surface area contributed by atoms with Crippen LogP contribution in [-0.2, 0) is 4.74 Å². The molecule has 1 aliphatic heterocycles. The lowest BCUT2D eigenvalue weighted by molar-refractivity contribution is 0.0691. The van der Waals surface area contributed by atoms with Crippen LogP contribution in [0.5, 0.6) is 0 Å². The van der Waals surface area contributed by atoms with Crippen LogP contribution in [0.3, 0.4) is 0 Å². The first-order chi connectivity index (χ1) is 7.27. The van der Waals surface area contributed by atoms with Gasteiger partial charge in [-0.2, -0.15) is 0 Å².